The quantitative estimate of drug-likeness (QED) is 0.529. The van der Waals surface area contributed by atoms with E-state index in [1.807, 2.05) is 12.1 Å². The molecule has 9 nitrogen and oxygen atoms in total. The number of aromatic nitrogens is 2. The van der Waals surface area contributed by atoms with Gasteiger partial charge in [-0.1, -0.05) is 11.8 Å². The van der Waals surface area contributed by atoms with Crippen LogP contribution in [0.4, 0.5) is 0 Å². The number of hydrogen-bond acceptors (Lipinski definition) is 9. The second kappa shape index (κ2) is 8.49. The molecule has 0 bridgehead atoms. The van der Waals surface area contributed by atoms with Gasteiger partial charge in [-0.15, -0.1) is 10.2 Å². The van der Waals surface area contributed by atoms with Crippen molar-refractivity contribution in [2.75, 3.05) is 18.8 Å². The first-order chi connectivity index (χ1) is 14.8. The zero-order chi connectivity index (χ0) is 20.3. The van der Waals surface area contributed by atoms with Crippen LogP contribution >= 0.6 is 11.8 Å². The maximum absolute atomic E-state index is 13.0. The van der Waals surface area contributed by atoms with Crippen molar-refractivity contribution in [2.45, 2.75) is 37.1 Å². The number of thioether (sulfide) groups is 1. The summed E-state index contributed by atoms with van der Waals surface area (Å²) in [5.41, 5.74) is 0.713. The summed E-state index contributed by atoms with van der Waals surface area (Å²) in [5, 5.41) is 14.5. The van der Waals surface area contributed by atoms with Gasteiger partial charge in [0.2, 0.25) is 5.89 Å². The number of furan rings is 2. The van der Waals surface area contributed by atoms with E-state index in [1.165, 1.54) is 29.6 Å². The van der Waals surface area contributed by atoms with Crippen molar-refractivity contribution < 1.29 is 18.0 Å². The average molecular weight is 427 g/mol. The van der Waals surface area contributed by atoms with E-state index in [-0.39, 0.29) is 17.7 Å². The van der Waals surface area contributed by atoms with Crippen LogP contribution in [0.25, 0.3) is 0 Å². The van der Waals surface area contributed by atoms with Crippen molar-refractivity contribution in [2.24, 2.45) is 5.10 Å². The fourth-order valence-corrected chi connectivity index (χ4v) is 4.35. The highest BCUT2D eigenvalue weighted by molar-refractivity contribution is 7.99. The first-order valence-electron chi connectivity index (χ1n) is 9.90. The normalized spacial score (nSPS) is 19.5. The van der Waals surface area contributed by atoms with Gasteiger partial charge in [0.05, 0.1) is 24.8 Å². The van der Waals surface area contributed by atoms with E-state index < -0.39 is 0 Å². The van der Waals surface area contributed by atoms with Gasteiger partial charge in [0.25, 0.3) is 11.1 Å². The monoisotopic (exact) mass is 427 g/mol. The van der Waals surface area contributed by atoms with E-state index in [9.17, 15) is 4.79 Å². The fourth-order valence-electron chi connectivity index (χ4n) is 3.72. The van der Waals surface area contributed by atoms with Gasteiger partial charge in [0.15, 0.2) is 0 Å². The summed E-state index contributed by atoms with van der Waals surface area (Å²) in [7, 11) is 0. The van der Waals surface area contributed by atoms with Crippen molar-refractivity contribution in [3.63, 3.8) is 0 Å². The van der Waals surface area contributed by atoms with Gasteiger partial charge >= 0.3 is 0 Å². The van der Waals surface area contributed by atoms with Crippen molar-refractivity contribution in [3.05, 3.63) is 54.2 Å². The van der Waals surface area contributed by atoms with Crippen LogP contribution in [0.1, 0.15) is 42.7 Å². The minimum Gasteiger partial charge on any atom is -0.467 e. The molecule has 30 heavy (non-hydrogen) atoms. The Balaban J connectivity index is 1.25. The number of hydrazone groups is 1. The Morgan fingerprint density at radius 1 is 1.13 bits per heavy atom. The predicted octanol–water partition coefficient (Wildman–Crippen LogP) is 3.32. The molecule has 0 aromatic carbocycles. The van der Waals surface area contributed by atoms with Gasteiger partial charge in [-0.25, -0.2) is 5.01 Å². The van der Waals surface area contributed by atoms with Crippen LogP contribution in [0.5, 0.6) is 0 Å². The summed E-state index contributed by atoms with van der Waals surface area (Å²) in [6.45, 7) is 2.77. The van der Waals surface area contributed by atoms with Gasteiger partial charge < -0.3 is 13.3 Å². The highest BCUT2D eigenvalue weighted by Crippen LogP contribution is 2.34. The smallest absolute Gasteiger partial charge is 0.277 e. The summed E-state index contributed by atoms with van der Waals surface area (Å²) < 4.78 is 16.7. The molecule has 1 saturated heterocycles. The number of rotatable bonds is 7. The van der Waals surface area contributed by atoms with Crippen LogP contribution in [0, 0.1) is 0 Å². The summed E-state index contributed by atoms with van der Waals surface area (Å²) >= 11 is 1.22. The number of hydrogen-bond donors (Lipinski definition) is 0. The van der Waals surface area contributed by atoms with E-state index in [4.69, 9.17) is 13.3 Å². The molecule has 0 unspecified atom stereocenters. The molecular weight excluding hydrogens is 406 g/mol. The van der Waals surface area contributed by atoms with Gasteiger partial charge in [0, 0.05) is 6.42 Å². The molecule has 0 radical (unpaired) electrons. The van der Waals surface area contributed by atoms with Crippen molar-refractivity contribution in [1.82, 2.24) is 20.1 Å². The molecule has 5 rings (SSSR count). The number of carbonyl (C=O) groups excluding carboxylic acids is 1. The standard InChI is InChI=1S/C20H21N5O4S/c26-19(13-30-20-22-21-18(29-20)12-24-7-1-2-8-24)25-15(17-6-4-10-28-17)11-14(23-25)16-5-3-9-27-16/h3-6,9-10,15H,1-2,7-8,11-13H2/t15-/m1/s1. The molecule has 0 saturated carbocycles. The third-order valence-electron chi connectivity index (χ3n) is 5.17. The maximum atomic E-state index is 13.0. The molecule has 1 fully saturated rings. The lowest BCUT2D eigenvalue weighted by molar-refractivity contribution is -0.130. The Kier molecular flexibility index (Phi) is 5.41. The number of amides is 1. The molecule has 3 aromatic heterocycles. The second-order valence-electron chi connectivity index (χ2n) is 7.23. The first kappa shape index (κ1) is 19.1. The van der Waals surface area contributed by atoms with Gasteiger partial charge in [-0.05, 0) is 50.2 Å². The van der Waals surface area contributed by atoms with Crippen LogP contribution < -0.4 is 0 Å². The molecule has 1 amide bonds. The van der Waals surface area contributed by atoms with Crippen molar-refractivity contribution >= 4 is 23.4 Å². The van der Waals surface area contributed by atoms with Crippen LogP contribution in [-0.4, -0.2) is 50.6 Å². The molecule has 10 heteroatoms. The SMILES string of the molecule is O=C(CSc1nnc(CN2CCCC2)o1)N1N=C(c2ccco2)C[C@@H]1c1ccco1. The maximum Gasteiger partial charge on any atom is 0.277 e. The van der Waals surface area contributed by atoms with Crippen molar-refractivity contribution in [1.29, 1.82) is 0 Å². The lowest BCUT2D eigenvalue weighted by Gasteiger charge is -2.19. The topological polar surface area (TPSA) is 101 Å². The zero-order valence-corrected chi connectivity index (χ0v) is 17.1. The third-order valence-corrected chi connectivity index (χ3v) is 5.97. The van der Waals surface area contributed by atoms with E-state index >= 15 is 0 Å². The Hall–Kier alpha value is -2.85. The molecule has 1 atom stereocenters. The van der Waals surface area contributed by atoms with E-state index in [0.717, 1.165) is 13.1 Å². The van der Waals surface area contributed by atoms with E-state index in [1.54, 1.807) is 24.7 Å². The highest BCUT2D eigenvalue weighted by Gasteiger charge is 2.35. The van der Waals surface area contributed by atoms with Crippen LogP contribution in [0.3, 0.4) is 0 Å². The van der Waals surface area contributed by atoms with E-state index in [2.05, 4.69) is 20.2 Å². The minimum absolute atomic E-state index is 0.136. The number of likely N-dealkylation sites (tertiary alicyclic amines) is 1. The summed E-state index contributed by atoms with van der Waals surface area (Å²) in [6.07, 6.45) is 6.13. The van der Waals surface area contributed by atoms with Crippen LogP contribution in [0.2, 0.25) is 0 Å². The minimum atomic E-state index is -0.304. The van der Waals surface area contributed by atoms with Gasteiger partial charge in [0.1, 0.15) is 23.3 Å². The summed E-state index contributed by atoms with van der Waals surface area (Å²) in [4.78, 5) is 15.2. The number of nitrogens with zero attached hydrogens (tertiary/aromatic N) is 5. The van der Waals surface area contributed by atoms with Crippen LogP contribution in [0.15, 0.2) is 60.4 Å². The Labute approximate surface area is 177 Å². The summed E-state index contributed by atoms with van der Waals surface area (Å²) in [6, 6.07) is 6.98. The lowest BCUT2D eigenvalue weighted by Crippen LogP contribution is -2.28. The predicted molar refractivity (Wildman–Crippen MR) is 108 cm³/mol. The third kappa shape index (κ3) is 4.05. The molecule has 2 aliphatic heterocycles. The lowest BCUT2D eigenvalue weighted by atomic mass is 10.1. The number of carbonyl (C=O) groups is 1. The second-order valence-corrected chi connectivity index (χ2v) is 8.16. The Morgan fingerprint density at radius 2 is 1.97 bits per heavy atom. The van der Waals surface area contributed by atoms with E-state index in [0.29, 0.717) is 41.3 Å². The van der Waals surface area contributed by atoms with Crippen molar-refractivity contribution in [3.8, 4) is 0 Å². The molecule has 2 aliphatic rings. The Morgan fingerprint density at radius 3 is 2.73 bits per heavy atom. The average Bonchev–Trinajstić information content (AvgIpc) is 3.56. The summed E-state index contributed by atoms with van der Waals surface area (Å²) in [5.74, 6) is 1.89. The molecule has 156 valence electrons. The molecule has 5 heterocycles. The zero-order valence-electron chi connectivity index (χ0n) is 16.3. The van der Waals surface area contributed by atoms with Gasteiger partial charge in [-0.2, -0.15) is 5.10 Å². The highest BCUT2D eigenvalue weighted by atomic mass is 32.2. The fraction of sp³-hybridized carbons (Fsp3) is 0.400. The Bertz CT molecular complexity index is 1010. The first-order valence-corrected chi connectivity index (χ1v) is 10.9. The van der Waals surface area contributed by atoms with Gasteiger partial charge in [-0.3, -0.25) is 9.69 Å². The van der Waals surface area contributed by atoms with Crippen LogP contribution in [-0.2, 0) is 11.3 Å². The molecule has 0 N–H and O–H groups in total. The molecular formula is C20H21N5O4S. The molecule has 0 aliphatic carbocycles. The molecule has 0 spiro atoms. The molecule has 3 aromatic rings. The largest absolute Gasteiger partial charge is 0.467 e.